The number of alkyl halides is 1. The monoisotopic (exact) mass is 424 g/mol. The number of aryl methyl sites for hydroxylation is 3. The van der Waals surface area contributed by atoms with Gasteiger partial charge >= 0.3 is 0 Å². The van der Waals surface area contributed by atoms with Crippen molar-refractivity contribution < 1.29 is 24.0 Å². The molecule has 0 aromatic heterocycles. The first-order valence-electron chi connectivity index (χ1n) is 9.80. The molecule has 2 heterocycles. The van der Waals surface area contributed by atoms with Gasteiger partial charge in [0.05, 0.1) is 20.3 Å². The lowest BCUT2D eigenvalue weighted by Crippen LogP contribution is -2.56. The Morgan fingerprint density at radius 3 is 2.14 bits per heavy atom. The molecule has 1 aromatic carbocycles. The predicted molar refractivity (Wildman–Crippen MR) is 108 cm³/mol. The molecule has 2 saturated heterocycles. The average Bonchev–Trinajstić information content (AvgIpc) is 2.82. The van der Waals surface area contributed by atoms with Crippen LogP contribution < -0.4 is 0 Å². The molecule has 0 saturated carbocycles. The van der Waals surface area contributed by atoms with Gasteiger partial charge in [-0.2, -0.15) is 5.06 Å². The van der Waals surface area contributed by atoms with Gasteiger partial charge in [-0.3, -0.25) is 14.4 Å². The maximum absolute atomic E-state index is 13.9. The van der Waals surface area contributed by atoms with Gasteiger partial charge in [0.1, 0.15) is 5.54 Å². The third-order valence-corrected chi connectivity index (χ3v) is 6.46. The number of carbonyl (C=O) groups excluding carboxylic acids is 2. The second-order valence-corrected chi connectivity index (χ2v) is 8.40. The highest BCUT2D eigenvalue weighted by Gasteiger charge is 2.69. The van der Waals surface area contributed by atoms with Gasteiger partial charge in [0.25, 0.3) is 5.91 Å². The molecule has 0 radical (unpaired) electrons. The van der Waals surface area contributed by atoms with Crippen molar-refractivity contribution in [2.24, 2.45) is 0 Å². The number of hydroxylamine groups is 4. The maximum Gasteiger partial charge on any atom is 0.280 e. The number of piperidine rings is 1. The van der Waals surface area contributed by atoms with Gasteiger partial charge in [0.2, 0.25) is 4.87 Å². The van der Waals surface area contributed by atoms with Crippen molar-refractivity contribution in [3.05, 3.63) is 34.4 Å². The largest absolute Gasteiger partial charge is 0.382 e. The lowest BCUT2D eigenvalue weighted by Gasteiger charge is -2.41. The molecular weight excluding hydrogens is 396 g/mol. The van der Waals surface area contributed by atoms with Crippen LogP contribution in [0.5, 0.6) is 0 Å². The molecule has 1 atom stereocenters. The van der Waals surface area contributed by atoms with Crippen molar-refractivity contribution in [1.29, 1.82) is 0 Å². The second-order valence-electron chi connectivity index (χ2n) is 7.83. The molecule has 29 heavy (non-hydrogen) atoms. The van der Waals surface area contributed by atoms with Crippen LogP contribution in [0.15, 0.2) is 12.1 Å². The number of halogens is 1. The van der Waals surface area contributed by atoms with Gasteiger partial charge in [0, 0.05) is 20.2 Å². The fourth-order valence-electron chi connectivity index (χ4n) is 4.65. The summed E-state index contributed by atoms with van der Waals surface area (Å²) in [5.74, 6) is -0.846. The van der Waals surface area contributed by atoms with E-state index in [-0.39, 0.29) is 12.4 Å². The van der Waals surface area contributed by atoms with E-state index in [4.69, 9.17) is 26.0 Å². The fourth-order valence-corrected chi connectivity index (χ4v) is 5.20. The van der Waals surface area contributed by atoms with Crippen LogP contribution in [-0.2, 0) is 28.9 Å². The number of ketones is 1. The zero-order valence-electron chi connectivity index (χ0n) is 17.7. The number of hydrogen-bond acceptors (Lipinski definition) is 6. The van der Waals surface area contributed by atoms with Crippen LogP contribution in [0, 0.1) is 20.8 Å². The Balaban J connectivity index is 2.08. The van der Waals surface area contributed by atoms with Crippen LogP contribution in [-0.4, -0.2) is 67.9 Å². The van der Waals surface area contributed by atoms with E-state index in [0.29, 0.717) is 38.1 Å². The highest BCUT2D eigenvalue weighted by atomic mass is 35.5. The summed E-state index contributed by atoms with van der Waals surface area (Å²) in [5.41, 5.74) is 2.14. The van der Waals surface area contributed by atoms with Crippen LogP contribution in [0.3, 0.4) is 0 Å². The highest BCUT2D eigenvalue weighted by molar-refractivity contribution is 6.49. The molecule has 8 heteroatoms. The minimum Gasteiger partial charge on any atom is -0.382 e. The lowest BCUT2D eigenvalue weighted by molar-refractivity contribution is -0.233. The van der Waals surface area contributed by atoms with E-state index in [9.17, 15) is 9.59 Å². The molecular formula is C21H29ClN2O5. The molecule has 2 aliphatic rings. The smallest absolute Gasteiger partial charge is 0.280 e. The molecule has 1 unspecified atom stereocenters. The highest BCUT2D eigenvalue weighted by Crippen LogP contribution is 2.50. The number of Topliss-reactive ketones (excluding diaryl/α,β-unsaturated/α-hetero) is 1. The number of nitrogens with zero attached hydrogens (tertiary/aromatic N) is 2. The molecule has 1 amide bonds. The summed E-state index contributed by atoms with van der Waals surface area (Å²) in [5, 5.41) is 3.00. The predicted octanol–water partition coefficient (Wildman–Crippen LogP) is 2.43. The summed E-state index contributed by atoms with van der Waals surface area (Å²) < 4.78 is 5.05. The van der Waals surface area contributed by atoms with Crippen molar-refractivity contribution in [3.8, 4) is 0 Å². The Labute approximate surface area is 176 Å². The number of benzene rings is 1. The van der Waals surface area contributed by atoms with Crippen LogP contribution in [0.25, 0.3) is 0 Å². The quantitative estimate of drug-likeness (QED) is 0.397. The third-order valence-electron chi connectivity index (χ3n) is 5.94. The van der Waals surface area contributed by atoms with E-state index in [2.05, 4.69) is 0 Å². The number of methoxy groups -OCH3 is 1. The zero-order valence-corrected chi connectivity index (χ0v) is 18.5. The van der Waals surface area contributed by atoms with Gasteiger partial charge < -0.3 is 9.57 Å². The van der Waals surface area contributed by atoms with E-state index < -0.39 is 16.3 Å². The average molecular weight is 425 g/mol. The Kier molecular flexibility index (Phi) is 6.36. The normalized spacial score (nSPS) is 24.7. The van der Waals surface area contributed by atoms with Crippen molar-refractivity contribution in [1.82, 2.24) is 10.1 Å². The molecule has 2 aliphatic heterocycles. The Morgan fingerprint density at radius 2 is 1.62 bits per heavy atom. The molecule has 160 valence electrons. The summed E-state index contributed by atoms with van der Waals surface area (Å²) in [6, 6.07) is 3.89. The van der Waals surface area contributed by atoms with Gasteiger partial charge in [0.15, 0.2) is 5.78 Å². The number of amides is 1. The molecule has 1 aromatic rings. The Bertz CT molecular complexity index is 783. The Hall–Kier alpha value is -1.51. The summed E-state index contributed by atoms with van der Waals surface area (Å²) in [6.45, 7) is 7.20. The van der Waals surface area contributed by atoms with Crippen LogP contribution in [0.2, 0.25) is 0 Å². The first-order chi connectivity index (χ1) is 13.7. The summed E-state index contributed by atoms with van der Waals surface area (Å²) in [6.07, 6.45) is 0.771. The fraction of sp³-hybridized carbons (Fsp3) is 0.619. The molecule has 0 aliphatic carbocycles. The SMILES string of the molecule is COCCON1C(=O)C(Cl)(c2c(C)cc(C)cc2C)C(=O)C12CCN(OC)CC2. The third kappa shape index (κ3) is 3.49. The maximum atomic E-state index is 13.9. The van der Waals surface area contributed by atoms with E-state index in [1.807, 2.05) is 32.9 Å². The number of ether oxygens (including phenoxy) is 1. The zero-order chi connectivity index (χ0) is 21.4. The van der Waals surface area contributed by atoms with Crippen molar-refractivity contribution in [3.63, 3.8) is 0 Å². The number of carbonyl (C=O) groups is 2. The van der Waals surface area contributed by atoms with Crippen LogP contribution >= 0.6 is 11.6 Å². The van der Waals surface area contributed by atoms with E-state index >= 15 is 0 Å². The molecule has 3 rings (SSSR count). The first kappa shape index (κ1) is 22.2. The van der Waals surface area contributed by atoms with Gasteiger partial charge in [-0.15, -0.1) is 0 Å². The van der Waals surface area contributed by atoms with Crippen molar-refractivity contribution in [2.45, 2.75) is 44.0 Å². The number of hydrogen-bond donors (Lipinski definition) is 0. The summed E-state index contributed by atoms with van der Waals surface area (Å²) in [7, 11) is 3.15. The number of rotatable bonds is 6. The van der Waals surface area contributed by atoms with E-state index in [0.717, 1.165) is 16.7 Å². The van der Waals surface area contributed by atoms with Crippen LogP contribution in [0.1, 0.15) is 35.1 Å². The summed E-state index contributed by atoms with van der Waals surface area (Å²) in [4.78, 5) is 36.8. The molecule has 0 bridgehead atoms. The topological polar surface area (TPSA) is 68.3 Å². The minimum absolute atomic E-state index is 0.157. The molecule has 7 nitrogen and oxygen atoms in total. The summed E-state index contributed by atoms with van der Waals surface area (Å²) >= 11 is 6.96. The molecule has 1 spiro atoms. The van der Waals surface area contributed by atoms with Gasteiger partial charge in [-0.05, 0) is 50.3 Å². The van der Waals surface area contributed by atoms with Crippen molar-refractivity contribution in [2.75, 3.05) is 40.5 Å². The van der Waals surface area contributed by atoms with Crippen molar-refractivity contribution >= 4 is 23.3 Å². The van der Waals surface area contributed by atoms with Gasteiger partial charge in [-0.25, -0.2) is 5.06 Å². The molecule has 0 N–H and O–H groups in total. The standard InChI is InChI=1S/C21H29ClN2O5/c1-14-12-15(2)17(16(3)13-14)21(22)18(25)20(6-8-23(28-5)9-7-20)24(19(21)26)29-11-10-27-4/h12-13H,6-11H2,1-5H3. The first-order valence-corrected chi connectivity index (χ1v) is 10.2. The second kappa shape index (κ2) is 8.32. The van der Waals surface area contributed by atoms with E-state index in [1.165, 1.54) is 5.06 Å². The van der Waals surface area contributed by atoms with Gasteiger partial charge in [-0.1, -0.05) is 29.3 Å². The van der Waals surface area contributed by atoms with E-state index in [1.54, 1.807) is 19.3 Å². The van der Waals surface area contributed by atoms with Crippen LogP contribution in [0.4, 0.5) is 0 Å². The minimum atomic E-state index is -1.80. The Morgan fingerprint density at radius 1 is 1.03 bits per heavy atom. The lowest BCUT2D eigenvalue weighted by atomic mass is 9.78. The molecule has 2 fully saturated rings.